The van der Waals surface area contributed by atoms with Crippen molar-refractivity contribution in [3.05, 3.63) is 95.2 Å². The second-order valence-electron chi connectivity index (χ2n) is 10.9. The number of benzene rings is 3. The fraction of sp³-hybridized carbons (Fsp3) is 0.312. The number of aryl methyl sites for hydroxylation is 1. The van der Waals surface area contributed by atoms with E-state index in [2.05, 4.69) is 47.0 Å². The molecule has 0 unspecified atom stereocenters. The standard InChI is InChI=1S/C32H35N3O4/c1-32(2,3)39-31(37)34-20-22-7-9-24(10-8-22)30(36)35-16-17-38-29-14-13-25(18-27(29)21-35)26-12-11-23-6-4-5-15-33-28(23)19-26/h5,7-15,18-19,33H,4,6,16-17,20-21H2,1-3H3,(H,34,37). The molecule has 7 nitrogen and oxygen atoms in total. The largest absolute Gasteiger partial charge is 0.491 e. The topological polar surface area (TPSA) is 79.9 Å². The van der Waals surface area contributed by atoms with Crippen LogP contribution in [0.2, 0.25) is 0 Å². The van der Waals surface area contributed by atoms with Crippen LogP contribution in [0, 0.1) is 0 Å². The highest BCUT2D eigenvalue weighted by Crippen LogP contribution is 2.32. The molecule has 202 valence electrons. The molecular weight excluding hydrogens is 490 g/mol. The van der Waals surface area contributed by atoms with Gasteiger partial charge < -0.3 is 25.0 Å². The minimum absolute atomic E-state index is 0.0514. The van der Waals surface area contributed by atoms with Crippen molar-refractivity contribution in [2.24, 2.45) is 0 Å². The molecule has 2 N–H and O–H groups in total. The zero-order chi connectivity index (χ0) is 27.4. The van der Waals surface area contributed by atoms with Gasteiger partial charge in [-0.3, -0.25) is 4.79 Å². The summed E-state index contributed by atoms with van der Waals surface area (Å²) in [6, 6.07) is 20.1. The molecule has 0 atom stereocenters. The normalized spacial score (nSPS) is 14.6. The number of fused-ring (bicyclic) bond motifs is 2. The Labute approximate surface area is 229 Å². The Balaban J connectivity index is 1.27. The number of ether oxygens (including phenoxy) is 2. The summed E-state index contributed by atoms with van der Waals surface area (Å²) in [5.41, 5.74) is 6.57. The summed E-state index contributed by atoms with van der Waals surface area (Å²) in [5.74, 6) is 0.762. The number of rotatable bonds is 4. The van der Waals surface area contributed by atoms with E-state index in [4.69, 9.17) is 9.47 Å². The number of carbonyl (C=O) groups is 2. The van der Waals surface area contributed by atoms with Crippen molar-refractivity contribution in [2.45, 2.75) is 52.3 Å². The maximum atomic E-state index is 13.4. The number of anilines is 1. The molecule has 2 amide bonds. The molecule has 7 heteroatoms. The zero-order valence-corrected chi connectivity index (χ0v) is 22.8. The maximum absolute atomic E-state index is 13.4. The first-order chi connectivity index (χ1) is 18.7. The van der Waals surface area contributed by atoms with Gasteiger partial charge in [0.25, 0.3) is 5.91 Å². The number of nitrogens with one attached hydrogen (secondary N) is 2. The van der Waals surface area contributed by atoms with Crippen LogP contribution >= 0.6 is 0 Å². The van der Waals surface area contributed by atoms with Crippen LogP contribution in [0.5, 0.6) is 5.75 Å². The number of nitrogens with zero attached hydrogens (tertiary/aromatic N) is 1. The number of hydrogen-bond acceptors (Lipinski definition) is 5. The van der Waals surface area contributed by atoms with Gasteiger partial charge in [-0.1, -0.05) is 36.4 Å². The van der Waals surface area contributed by atoms with Gasteiger partial charge in [-0.2, -0.15) is 0 Å². The van der Waals surface area contributed by atoms with E-state index in [1.54, 1.807) is 12.1 Å². The molecule has 0 saturated carbocycles. The van der Waals surface area contributed by atoms with Crippen LogP contribution < -0.4 is 15.4 Å². The zero-order valence-electron chi connectivity index (χ0n) is 22.8. The second kappa shape index (κ2) is 11.2. The predicted molar refractivity (Wildman–Crippen MR) is 153 cm³/mol. The first-order valence-corrected chi connectivity index (χ1v) is 13.4. The monoisotopic (exact) mass is 525 g/mol. The van der Waals surface area contributed by atoms with Gasteiger partial charge in [0.05, 0.1) is 6.54 Å². The molecule has 0 radical (unpaired) electrons. The van der Waals surface area contributed by atoms with E-state index < -0.39 is 11.7 Å². The van der Waals surface area contributed by atoms with Gasteiger partial charge in [-0.05, 0) is 92.4 Å². The molecule has 2 aliphatic heterocycles. The second-order valence-corrected chi connectivity index (χ2v) is 10.9. The number of carbonyl (C=O) groups excluding carboxylic acids is 2. The van der Waals surface area contributed by atoms with Crippen molar-refractivity contribution in [3.63, 3.8) is 0 Å². The summed E-state index contributed by atoms with van der Waals surface area (Å²) in [5, 5.41) is 6.13. The highest BCUT2D eigenvalue weighted by molar-refractivity contribution is 5.94. The summed E-state index contributed by atoms with van der Waals surface area (Å²) in [7, 11) is 0. The van der Waals surface area contributed by atoms with Crippen LogP contribution in [-0.2, 0) is 24.2 Å². The SMILES string of the molecule is CC(C)(C)OC(=O)NCc1ccc(C(=O)N2CCOc3ccc(-c4ccc5c(c4)NC=CCC5)cc3C2)cc1. The van der Waals surface area contributed by atoms with Gasteiger partial charge in [-0.25, -0.2) is 4.79 Å². The highest BCUT2D eigenvalue weighted by Gasteiger charge is 2.22. The van der Waals surface area contributed by atoms with E-state index in [1.165, 1.54) is 5.56 Å². The lowest BCUT2D eigenvalue weighted by Gasteiger charge is -2.21. The van der Waals surface area contributed by atoms with Gasteiger partial charge in [0.2, 0.25) is 0 Å². The molecule has 0 aromatic heterocycles. The summed E-state index contributed by atoms with van der Waals surface area (Å²) in [4.78, 5) is 27.2. The first-order valence-electron chi connectivity index (χ1n) is 13.4. The van der Waals surface area contributed by atoms with Gasteiger partial charge in [0.1, 0.15) is 18.0 Å². The predicted octanol–water partition coefficient (Wildman–Crippen LogP) is 6.28. The number of amides is 2. The van der Waals surface area contributed by atoms with Crippen LogP contribution in [0.3, 0.4) is 0 Å². The lowest BCUT2D eigenvalue weighted by molar-refractivity contribution is 0.0523. The van der Waals surface area contributed by atoms with E-state index in [0.717, 1.165) is 46.5 Å². The van der Waals surface area contributed by atoms with E-state index in [1.807, 2.05) is 50.1 Å². The molecular formula is C32H35N3O4. The molecule has 0 fully saturated rings. The van der Waals surface area contributed by atoms with Crippen molar-refractivity contribution in [2.75, 3.05) is 18.5 Å². The fourth-order valence-corrected chi connectivity index (χ4v) is 4.76. The summed E-state index contributed by atoms with van der Waals surface area (Å²) in [6.45, 7) is 7.20. The quantitative estimate of drug-likeness (QED) is 0.419. The summed E-state index contributed by atoms with van der Waals surface area (Å²) < 4.78 is 11.3. The first kappa shape index (κ1) is 26.4. The Hall–Kier alpha value is -4.26. The summed E-state index contributed by atoms with van der Waals surface area (Å²) in [6.07, 6.45) is 5.75. The Morgan fingerprint density at radius 3 is 2.56 bits per heavy atom. The Bertz CT molecular complexity index is 1390. The maximum Gasteiger partial charge on any atom is 0.407 e. The van der Waals surface area contributed by atoms with E-state index >= 15 is 0 Å². The lowest BCUT2D eigenvalue weighted by atomic mass is 9.98. The Morgan fingerprint density at radius 2 is 1.77 bits per heavy atom. The molecule has 0 spiro atoms. The molecule has 0 aliphatic carbocycles. The van der Waals surface area contributed by atoms with Gasteiger partial charge in [0, 0.05) is 29.9 Å². The minimum atomic E-state index is -0.550. The third kappa shape index (κ3) is 6.60. The van der Waals surface area contributed by atoms with E-state index in [9.17, 15) is 9.59 Å². The highest BCUT2D eigenvalue weighted by atomic mass is 16.6. The Kier molecular flexibility index (Phi) is 7.59. The van der Waals surface area contributed by atoms with E-state index in [0.29, 0.717) is 31.8 Å². The van der Waals surface area contributed by atoms with Crippen molar-refractivity contribution in [3.8, 4) is 16.9 Å². The van der Waals surface area contributed by atoms with Gasteiger partial charge >= 0.3 is 6.09 Å². The van der Waals surface area contributed by atoms with Crippen LogP contribution in [-0.4, -0.2) is 35.7 Å². The third-order valence-corrected chi connectivity index (χ3v) is 6.74. The summed E-state index contributed by atoms with van der Waals surface area (Å²) >= 11 is 0. The molecule has 39 heavy (non-hydrogen) atoms. The average molecular weight is 526 g/mol. The average Bonchev–Trinajstić information content (AvgIpc) is 3.28. The van der Waals surface area contributed by atoms with Crippen LogP contribution in [0.25, 0.3) is 11.1 Å². The van der Waals surface area contributed by atoms with Crippen molar-refractivity contribution in [1.82, 2.24) is 10.2 Å². The molecule has 2 heterocycles. The number of allylic oxidation sites excluding steroid dienone is 1. The fourth-order valence-electron chi connectivity index (χ4n) is 4.76. The lowest BCUT2D eigenvalue weighted by Crippen LogP contribution is -2.32. The van der Waals surface area contributed by atoms with Gasteiger partial charge in [-0.15, -0.1) is 0 Å². The number of hydrogen-bond donors (Lipinski definition) is 2. The van der Waals surface area contributed by atoms with Crippen LogP contribution in [0.4, 0.5) is 10.5 Å². The molecule has 2 aliphatic rings. The van der Waals surface area contributed by atoms with Crippen molar-refractivity contribution < 1.29 is 19.1 Å². The third-order valence-electron chi connectivity index (χ3n) is 6.74. The molecule has 3 aromatic rings. The number of alkyl carbamates (subject to hydrolysis) is 1. The van der Waals surface area contributed by atoms with Gasteiger partial charge in [0.15, 0.2) is 0 Å². The van der Waals surface area contributed by atoms with Crippen molar-refractivity contribution >= 4 is 17.7 Å². The van der Waals surface area contributed by atoms with E-state index in [-0.39, 0.29) is 5.91 Å². The van der Waals surface area contributed by atoms with Crippen LogP contribution in [0.15, 0.2) is 72.9 Å². The molecule has 5 rings (SSSR count). The van der Waals surface area contributed by atoms with Crippen LogP contribution in [0.1, 0.15) is 54.2 Å². The molecule has 0 bridgehead atoms. The van der Waals surface area contributed by atoms with Crippen molar-refractivity contribution in [1.29, 1.82) is 0 Å². The molecule has 0 saturated heterocycles. The Morgan fingerprint density at radius 1 is 1.00 bits per heavy atom. The smallest absolute Gasteiger partial charge is 0.407 e. The molecule has 3 aromatic carbocycles. The minimum Gasteiger partial charge on any atom is -0.491 e.